The van der Waals surface area contributed by atoms with E-state index in [1.165, 1.54) is 0 Å². The highest BCUT2D eigenvalue weighted by Gasteiger charge is 2.15. The smallest absolute Gasteiger partial charge is 0.274 e. The van der Waals surface area contributed by atoms with Gasteiger partial charge in [0.15, 0.2) is 0 Å². The van der Waals surface area contributed by atoms with Crippen LogP contribution in [0.25, 0.3) is 0 Å². The number of carbonyl (C=O) groups excluding carboxylic acids is 1. The Balaban J connectivity index is 2.24. The zero-order valence-corrected chi connectivity index (χ0v) is 15.7. The molecule has 0 saturated carbocycles. The summed E-state index contributed by atoms with van der Waals surface area (Å²) in [7, 11) is 0. The third-order valence-electron chi connectivity index (χ3n) is 4.12. The van der Waals surface area contributed by atoms with Crippen molar-refractivity contribution in [1.82, 2.24) is 9.97 Å². The maximum Gasteiger partial charge on any atom is 0.274 e. The molecule has 0 unspecified atom stereocenters. The quantitative estimate of drug-likeness (QED) is 0.781. The third-order valence-corrected chi connectivity index (χ3v) is 4.12. The number of amides is 1. The minimum atomic E-state index is -0.194. The first-order valence-corrected chi connectivity index (χ1v) is 9.08. The van der Waals surface area contributed by atoms with Crippen molar-refractivity contribution in [3.63, 3.8) is 0 Å². The average molecular weight is 340 g/mol. The van der Waals surface area contributed by atoms with E-state index >= 15 is 0 Å². The van der Waals surface area contributed by atoms with Crippen molar-refractivity contribution in [3.05, 3.63) is 47.3 Å². The number of benzene rings is 1. The molecular formula is C20H28N4O. The highest BCUT2D eigenvalue weighted by atomic mass is 16.1. The second kappa shape index (κ2) is 9.16. The summed E-state index contributed by atoms with van der Waals surface area (Å²) in [4.78, 5) is 23.7. The van der Waals surface area contributed by atoms with Crippen molar-refractivity contribution < 1.29 is 4.79 Å². The predicted octanol–water partition coefficient (Wildman–Crippen LogP) is 4.23. The topological polar surface area (TPSA) is 58.1 Å². The molecule has 1 aromatic carbocycles. The molecule has 0 bridgehead atoms. The maximum atomic E-state index is 12.7. The van der Waals surface area contributed by atoms with E-state index in [1.54, 1.807) is 12.3 Å². The summed E-state index contributed by atoms with van der Waals surface area (Å²) < 4.78 is 0. The first-order valence-electron chi connectivity index (χ1n) is 9.08. The summed E-state index contributed by atoms with van der Waals surface area (Å²) in [6, 6.07) is 7.72. The lowest BCUT2D eigenvalue weighted by molar-refractivity contribution is 0.102. The van der Waals surface area contributed by atoms with E-state index in [4.69, 9.17) is 0 Å². The maximum absolute atomic E-state index is 12.7. The van der Waals surface area contributed by atoms with Crippen molar-refractivity contribution in [3.8, 4) is 0 Å². The average Bonchev–Trinajstić information content (AvgIpc) is 2.63. The van der Waals surface area contributed by atoms with Gasteiger partial charge in [0.25, 0.3) is 5.91 Å². The lowest BCUT2D eigenvalue weighted by atomic mass is 10.1. The molecule has 1 N–H and O–H groups in total. The fraction of sp³-hybridized carbons (Fsp3) is 0.450. The fourth-order valence-electron chi connectivity index (χ4n) is 2.86. The van der Waals surface area contributed by atoms with Crippen LogP contribution in [0.2, 0.25) is 0 Å². The number of anilines is 2. The van der Waals surface area contributed by atoms with E-state index in [1.807, 2.05) is 25.1 Å². The molecular weight excluding hydrogens is 312 g/mol. The molecule has 1 amide bonds. The monoisotopic (exact) mass is 340 g/mol. The highest BCUT2D eigenvalue weighted by Crippen LogP contribution is 2.22. The van der Waals surface area contributed by atoms with E-state index in [9.17, 15) is 4.79 Å². The minimum absolute atomic E-state index is 0.194. The molecule has 25 heavy (non-hydrogen) atoms. The van der Waals surface area contributed by atoms with Crippen LogP contribution in [0.4, 0.5) is 11.6 Å². The first kappa shape index (κ1) is 18.9. The third kappa shape index (κ3) is 4.78. The second-order valence-electron chi connectivity index (χ2n) is 6.15. The van der Waals surface area contributed by atoms with Gasteiger partial charge >= 0.3 is 0 Å². The number of rotatable bonds is 8. The second-order valence-corrected chi connectivity index (χ2v) is 6.15. The first-order chi connectivity index (χ1) is 12.1. The molecule has 5 nitrogen and oxygen atoms in total. The van der Waals surface area contributed by atoms with Crippen LogP contribution < -0.4 is 10.2 Å². The van der Waals surface area contributed by atoms with Gasteiger partial charge < -0.3 is 10.2 Å². The van der Waals surface area contributed by atoms with Crippen molar-refractivity contribution in [1.29, 1.82) is 0 Å². The molecule has 0 aliphatic rings. The summed E-state index contributed by atoms with van der Waals surface area (Å²) in [5, 5.41) is 3.03. The molecule has 0 radical (unpaired) electrons. The van der Waals surface area contributed by atoms with E-state index in [2.05, 4.69) is 41.0 Å². The number of hydrogen-bond donors (Lipinski definition) is 1. The fourth-order valence-corrected chi connectivity index (χ4v) is 2.86. The largest absolute Gasteiger partial charge is 0.341 e. The van der Waals surface area contributed by atoms with Crippen LogP contribution in [0, 0.1) is 6.92 Å². The number of hydrogen-bond acceptors (Lipinski definition) is 4. The van der Waals surface area contributed by atoms with Gasteiger partial charge in [0.05, 0.1) is 0 Å². The number of para-hydroxylation sites is 1. The predicted molar refractivity (Wildman–Crippen MR) is 103 cm³/mol. The Kier molecular flexibility index (Phi) is 6.92. The number of aromatic nitrogens is 2. The van der Waals surface area contributed by atoms with Gasteiger partial charge in [-0.1, -0.05) is 39.0 Å². The van der Waals surface area contributed by atoms with Crippen LogP contribution in [0.5, 0.6) is 0 Å². The Labute approximate surface area is 150 Å². The summed E-state index contributed by atoms with van der Waals surface area (Å²) in [6.45, 7) is 10.1. The summed E-state index contributed by atoms with van der Waals surface area (Å²) in [6.07, 6.45) is 4.56. The molecule has 134 valence electrons. The lowest BCUT2D eigenvalue weighted by Crippen LogP contribution is -2.28. The van der Waals surface area contributed by atoms with Crippen LogP contribution >= 0.6 is 0 Å². The molecule has 2 aromatic rings. The molecule has 2 rings (SSSR count). The van der Waals surface area contributed by atoms with Gasteiger partial charge in [-0.3, -0.25) is 4.79 Å². The van der Waals surface area contributed by atoms with Gasteiger partial charge in [-0.05, 0) is 43.4 Å². The van der Waals surface area contributed by atoms with Crippen LogP contribution in [0.15, 0.2) is 30.5 Å². The molecule has 1 heterocycles. The SMILES string of the molecule is CCCN(CCC)c1nccc(C(=O)Nc2c(C)cccc2CC)n1. The van der Waals surface area contributed by atoms with Crippen molar-refractivity contribution in [2.45, 2.75) is 47.0 Å². The van der Waals surface area contributed by atoms with E-state index in [0.29, 0.717) is 11.6 Å². The molecule has 0 atom stereocenters. The van der Waals surface area contributed by atoms with Gasteiger partial charge in [-0.2, -0.15) is 0 Å². The number of nitrogens with one attached hydrogen (secondary N) is 1. The Morgan fingerprint density at radius 2 is 1.84 bits per heavy atom. The van der Waals surface area contributed by atoms with Crippen molar-refractivity contribution in [2.75, 3.05) is 23.3 Å². The Bertz CT molecular complexity index is 709. The normalized spacial score (nSPS) is 10.6. The Morgan fingerprint density at radius 3 is 2.48 bits per heavy atom. The standard InChI is InChI=1S/C20H28N4O/c1-5-13-24(14-6-2)20-21-12-11-17(22-20)19(25)23-18-15(4)9-8-10-16(18)7-3/h8-12H,5-7,13-14H2,1-4H3,(H,23,25). The Hall–Kier alpha value is -2.43. The van der Waals surface area contributed by atoms with Gasteiger partial charge in [0.2, 0.25) is 5.95 Å². The molecule has 5 heteroatoms. The Morgan fingerprint density at radius 1 is 1.12 bits per heavy atom. The number of aryl methyl sites for hydroxylation is 2. The van der Waals surface area contributed by atoms with Crippen molar-refractivity contribution >= 4 is 17.5 Å². The van der Waals surface area contributed by atoms with Gasteiger partial charge in [-0.15, -0.1) is 0 Å². The molecule has 0 spiro atoms. The molecule has 0 aliphatic heterocycles. The van der Waals surface area contributed by atoms with Crippen LogP contribution in [-0.2, 0) is 6.42 Å². The summed E-state index contributed by atoms with van der Waals surface area (Å²) in [5.41, 5.74) is 3.46. The number of nitrogens with zero attached hydrogens (tertiary/aromatic N) is 3. The van der Waals surface area contributed by atoms with Gasteiger partial charge in [-0.25, -0.2) is 9.97 Å². The zero-order chi connectivity index (χ0) is 18.2. The summed E-state index contributed by atoms with van der Waals surface area (Å²) in [5.74, 6) is 0.428. The molecule has 1 aromatic heterocycles. The van der Waals surface area contributed by atoms with E-state index < -0.39 is 0 Å². The van der Waals surface area contributed by atoms with Crippen LogP contribution in [-0.4, -0.2) is 29.0 Å². The van der Waals surface area contributed by atoms with Gasteiger partial charge in [0, 0.05) is 25.0 Å². The minimum Gasteiger partial charge on any atom is -0.341 e. The van der Waals surface area contributed by atoms with Crippen molar-refractivity contribution in [2.24, 2.45) is 0 Å². The van der Waals surface area contributed by atoms with E-state index in [-0.39, 0.29) is 5.91 Å². The summed E-state index contributed by atoms with van der Waals surface area (Å²) >= 11 is 0. The zero-order valence-electron chi connectivity index (χ0n) is 15.7. The molecule has 0 saturated heterocycles. The highest BCUT2D eigenvalue weighted by molar-refractivity contribution is 6.03. The lowest BCUT2D eigenvalue weighted by Gasteiger charge is -2.21. The number of carbonyl (C=O) groups is 1. The molecule has 0 aliphatic carbocycles. The van der Waals surface area contributed by atoms with Crippen LogP contribution in [0.3, 0.4) is 0 Å². The van der Waals surface area contributed by atoms with Gasteiger partial charge in [0.1, 0.15) is 5.69 Å². The van der Waals surface area contributed by atoms with Crippen LogP contribution in [0.1, 0.15) is 55.2 Å². The molecule has 0 fully saturated rings. The van der Waals surface area contributed by atoms with E-state index in [0.717, 1.165) is 49.2 Å².